The molecular weight excluding hydrogens is 488 g/mol. The van der Waals surface area contributed by atoms with Crippen LogP contribution in [-0.2, 0) is 16.2 Å². The summed E-state index contributed by atoms with van der Waals surface area (Å²) in [5.74, 6) is 0. The molecule has 0 nitrogen and oxygen atoms in total. The summed E-state index contributed by atoms with van der Waals surface area (Å²) in [4.78, 5) is 0. The second-order valence-electron chi connectivity index (χ2n) is 11.6. The van der Waals surface area contributed by atoms with E-state index in [1.165, 1.54) is 27.5 Å². The molecule has 0 aromatic heterocycles. The fraction of sp³-hybridized carbons (Fsp3) is 0.400. The van der Waals surface area contributed by atoms with Gasteiger partial charge in [-0.1, -0.05) is 0 Å². The Labute approximate surface area is 197 Å². The van der Waals surface area contributed by atoms with Crippen molar-refractivity contribution in [2.45, 2.75) is 78.6 Å². The molecule has 0 unspecified atom stereocenters. The Morgan fingerprint density at radius 2 is 0.548 bits per heavy atom. The summed E-state index contributed by atoms with van der Waals surface area (Å²) < 4.78 is 4.55. The van der Waals surface area contributed by atoms with Crippen LogP contribution in [0.15, 0.2) is 72.8 Å². The van der Waals surface area contributed by atoms with Gasteiger partial charge in [0.05, 0.1) is 0 Å². The van der Waals surface area contributed by atoms with Crippen LogP contribution in [0, 0.1) is 0 Å². The fourth-order valence-electron chi connectivity index (χ4n) is 3.68. The molecule has 0 saturated carbocycles. The van der Waals surface area contributed by atoms with Gasteiger partial charge in [0.15, 0.2) is 0 Å². The fourth-order valence-corrected chi connectivity index (χ4v) is 9.51. The molecule has 0 aliphatic heterocycles. The van der Waals surface area contributed by atoms with Gasteiger partial charge >= 0.3 is 198 Å². The Balaban J connectivity index is 2.08. The van der Waals surface area contributed by atoms with Gasteiger partial charge in [-0.05, 0) is 0 Å². The third-order valence-electron chi connectivity index (χ3n) is 5.87. The van der Waals surface area contributed by atoms with Gasteiger partial charge in [-0.15, -0.1) is 0 Å². The second kappa shape index (κ2) is 8.77. The van der Waals surface area contributed by atoms with E-state index in [2.05, 4.69) is 135 Å². The summed E-state index contributed by atoms with van der Waals surface area (Å²) in [7, 11) is 0. The van der Waals surface area contributed by atoms with Gasteiger partial charge in [0.25, 0.3) is 0 Å². The van der Waals surface area contributed by atoms with E-state index in [0.717, 1.165) is 0 Å². The molecular formula is C30H39Te+. The van der Waals surface area contributed by atoms with Gasteiger partial charge in [-0.25, -0.2) is 0 Å². The molecule has 0 aliphatic carbocycles. The van der Waals surface area contributed by atoms with Crippen LogP contribution in [0.1, 0.15) is 79.0 Å². The zero-order valence-corrected chi connectivity index (χ0v) is 23.2. The Bertz CT molecular complexity index is 850. The quantitative estimate of drug-likeness (QED) is 0.362. The first-order chi connectivity index (χ1) is 14.3. The van der Waals surface area contributed by atoms with Crippen molar-refractivity contribution in [3.05, 3.63) is 89.5 Å². The molecule has 0 saturated heterocycles. The predicted octanol–water partition coefficient (Wildman–Crippen LogP) is 6.10. The molecule has 31 heavy (non-hydrogen) atoms. The average Bonchev–Trinajstić information content (AvgIpc) is 2.67. The van der Waals surface area contributed by atoms with Crippen LogP contribution >= 0.6 is 0 Å². The van der Waals surface area contributed by atoms with E-state index in [1.807, 2.05) is 0 Å². The molecule has 0 heterocycles. The SMILES string of the molecule is CC(C)(C)c1ccc([Te+](c2ccc(C(C)(C)C)cc2)c2ccc(C(C)(C)C)cc2)cc1. The van der Waals surface area contributed by atoms with Crippen LogP contribution in [-0.4, -0.2) is 19.6 Å². The molecule has 0 amide bonds. The van der Waals surface area contributed by atoms with Crippen LogP contribution in [0.4, 0.5) is 0 Å². The normalized spacial score (nSPS) is 13.0. The van der Waals surface area contributed by atoms with Crippen LogP contribution in [0.2, 0.25) is 0 Å². The molecule has 0 aliphatic rings. The first kappa shape index (κ1) is 24.1. The molecule has 0 bridgehead atoms. The van der Waals surface area contributed by atoms with E-state index in [-0.39, 0.29) is 16.2 Å². The van der Waals surface area contributed by atoms with Crippen molar-refractivity contribution in [2.75, 3.05) is 0 Å². The molecule has 3 rings (SSSR count). The summed E-state index contributed by atoms with van der Waals surface area (Å²) >= 11 is -1.93. The van der Waals surface area contributed by atoms with Crippen LogP contribution in [0.25, 0.3) is 0 Å². The van der Waals surface area contributed by atoms with E-state index in [0.29, 0.717) is 0 Å². The summed E-state index contributed by atoms with van der Waals surface area (Å²) in [6.07, 6.45) is 0. The Kier molecular flexibility index (Phi) is 6.81. The Hall–Kier alpha value is -1.55. The molecule has 0 radical (unpaired) electrons. The molecule has 0 atom stereocenters. The van der Waals surface area contributed by atoms with Crippen LogP contribution in [0.5, 0.6) is 0 Å². The van der Waals surface area contributed by atoms with E-state index in [9.17, 15) is 0 Å². The van der Waals surface area contributed by atoms with Crippen molar-refractivity contribution >= 4 is 30.4 Å². The van der Waals surface area contributed by atoms with Crippen LogP contribution in [0.3, 0.4) is 0 Å². The molecule has 3 aromatic carbocycles. The van der Waals surface area contributed by atoms with Crippen molar-refractivity contribution < 1.29 is 0 Å². The van der Waals surface area contributed by atoms with Crippen molar-refractivity contribution in [3.8, 4) is 0 Å². The summed E-state index contributed by atoms with van der Waals surface area (Å²) in [6.45, 7) is 20.6. The topological polar surface area (TPSA) is 0 Å². The Morgan fingerprint density at radius 1 is 0.355 bits per heavy atom. The summed E-state index contributed by atoms with van der Waals surface area (Å²) in [5.41, 5.74) is 4.76. The summed E-state index contributed by atoms with van der Waals surface area (Å²) in [5, 5.41) is 0. The molecule has 0 fully saturated rings. The first-order valence-corrected chi connectivity index (χ1v) is 14.8. The zero-order valence-electron chi connectivity index (χ0n) is 20.8. The van der Waals surface area contributed by atoms with Crippen molar-refractivity contribution in [1.29, 1.82) is 0 Å². The van der Waals surface area contributed by atoms with Crippen molar-refractivity contribution in [1.82, 2.24) is 0 Å². The third kappa shape index (κ3) is 5.83. The molecule has 164 valence electrons. The zero-order chi connectivity index (χ0) is 23.0. The van der Waals surface area contributed by atoms with Gasteiger partial charge in [0, 0.05) is 0 Å². The van der Waals surface area contributed by atoms with Crippen molar-refractivity contribution in [3.63, 3.8) is 0 Å². The average molecular weight is 527 g/mol. The number of benzene rings is 3. The number of hydrogen-bond donors (Lipinski definition) is 0. The molecule has 0 N–H and O–H groups in total. The van der Waals surface area contributed by atoms with E-state index in [4.69, 9.17) is 0 Å². The second-order valence-corrected chi connectivity index (χ2v) is 17.4. The van der Waals surface area contributed by atoms with Gasteiger partial charge < -0.3 is 0 Å². The standard InChI is InChI=1S/C30H39Te/c1-28(2,3)22-10-16-25(17-11-22)31(26-18-12-23(13-19-26)29(4,5)6)27-20-14-24(15-21-27)30(7,8)9/h10-21H,1-9H3/q+1. The first-order valence-electron chi connectivity index (χ1n) is 11.3. The van der Waals surface area contributed by atoms with E-state index >= 15 is 0 Å². The van der Waals surface area contributed by atoms with E-state index < -0.39 is 19.6 Å². The van der Waals surface area contributed by atoms with Gasteiger partial charge in [-0.3, -0.25) is 0 Å². The number of hydrogen-bond acceptors (Lipinski definition) is 0. The Morgan fingerprint density at radius 3 is 0.710 bits per heavy atom. The minimum absolute atomic E-state index is 0.182. The van der Waals surface area contributed by atoms with E-state index in [1.54, 1.807) is 0 Å². The van der Waals surface area contributed by atoms with Gasteiger partial charge in [0.1, 0.15) is 0 Å². The van der Waals surface area contributed by atoms with Gasteiger partial charge in [-0.2, -0.15) is 0 Å². The van der Waals surface area contributed by atoms with Gasteiger partial charge in [0.2, 0.25) is 0 Å². The molecule has 3 aromatic rings. The van der Waals surface area contributed by atoms with Crippen LogP contribution < -0.4 is 10.8 Å². The van der Waals surface area contributed by atoms with Crippen molar-refractivity contribution in [2.24, 2.45) is 0 Å². The molecule has 0 spiro atoms. The maximum absolute atomic E-state index is 2.40. The predicted molar refractivity (Wildman–Crippen MR) is 140 cm³/mol. The monoisotopic (exact) mass is 529 g/mol. The third-order valence-corrected chi connectivity index (χ3v) is 12.2. The maximum atomic E-state index is 2.40. The molecule has 1 heteroatoms. The number of rotatable bonds is 3. The minimum atomic E-state index is -1.93. The summed E-state index contributed by atoms with van der Waals surface area (Å²) in [6, 6.07) is 28.4.